The van der Waals surface area contributed by atoms with Crippen molar-refractivity contribution >= 4 is 10.9 Å². The number of hydrogen-bond donors (Lipinski definition) is 1. The molecule has 3 nitrogen and oxygen atoms in total. The van der Waals surface area contributed by atoms with Crippen LogP contribution in [0.5, 0.6) is 5.75 Å². The lowest BCUT2D eigenvalue weighted by Gasteiger charge is -2.11. The van der Waals surface area contributed by atoms with Gasteiger partial charge in [-0.1, -0.05) is 30.3 Å². The summed E-state index contributed by atoms with van der Waals surface area (Å²) in [6.07, 6.45) is 0. The topological polar surface area (TPSA) is 42.4 Å². The average molecular weight is 283 g/mol. The minimum absolute atomic E-state index is 0.225. The summed E-state index contributed by atoms with van der Waals surface area (Å²) in [5, 5.41) is 10.1. The lowest BCUT2D eigenvalue weighted by molar-refractivity contribution is 0.254. The number of benzene rings is 2. The predicted octanol–water partition coefficient (Wildman–Crippen LogP) is 3.45. The Morgan fingerprint density at radius 1 is 1.05 bits per heavy atom. The molecule has 2 aromatic carbocycles. The van der Waals surface area contributed by atoms with E-state index in [0.29, 0.717) is 29.0 Å². The fourth-order valence-corrected chi connectivity index (χ4v) is 2.14. The summed E-state index contributed by atoms with van der Waals surface area (Å²) in [5.74, 6) is 0.148. The first-order chi connectivity index (χ1) is 10.3. The first-order valence-corrected chi connectivity index (χ1v) is 6.63. The summed E-state index contributed by atoms with van der Waals surface area (Å²) in [5.41, 5.74) is 2.10. The molecule has 1 aromatic heterocycles. The van der Waals surface area contributed by atoms with Crippen LogP contribution >= 0.6 is 0 Å². The van der Waals surface area contributed by atoms with E-state index < -0.39 is 0 Å². The van der Waals surface area contributed by atoms with E-state index in [9.17, 15) is 9.50 Å². The Kier molecular flexibility index (Phi) is 3.79. The number of ether oxygens (including phenoxy) is 1. The zero-order chi connectivity index (χ0) is 14.7. The lowest BCUT2D eigenvalue weighted by Crippen LogP contribution is -2.01. The van der Waals surface area contributed by atoms with Crippen molar-refractivity contribution in [3.63, 3.8) is 0 Å². The number of aliphatic hydroxyl groups is 1. The number of fused-ring (bicyclic) bond motifs is 1. The van der Waals surface area contributed by atoms with Gasteiger partial charge in [-0.25, -0.2) is 9.37 Å². The molecule has 106 valence electrons. The van der Waals surface area contributed by atoms with E-state index in [1.807, 2.05) is 30.3 Å². The van der Waals surface area contributed by atoms with Crippen LogP contribution < -0.4 is 4.74 Å². The van der Waals surface area contributed by atoms with Crippen LogP contribution in [0.15, 0.2) is 54.6 Å². The van der Waals surface area contributed by atoms with Crippen LogP contribution in [0, 0.1) is 5.82 Å². The maximum absolute atomic E-state index is 13.3. The Morgan fingerprint density at radius 3 is 2.62 bits per heavy atom. The van der Waals surface area contributed by atoms with Crippen LogP contribution in [-0.4, -0.2) is 10.1 Å². The molecule has 3 aromatic rings. The maximum atomic E-state index is 13.3. The first kappa shape index (κ1) is 13.5. The van der Waals surface area contributed by atoms with Crippen LogP contribution in [-0.2, 0) is 13.2 Å². The molecule has 1 heterocycles. The van der Waals surface area contributed by atoms with E-state index in [4.69, 9.17) is 4.74 Å². The molecule has 0 aliphatic rings. The van der Waals surface area contributed by atoms with Crippen molar-refractivity contribution in [1.82, 2.24) is 4.98 Å². The normalized spacial score (nSPS) is 10.8. The molecular formula is C17H14FNO2. The predicted molar refractivity (Wildman–Crippen MR) is 78.4 cm³/mol. The standard InChI is InChI=1S/C17H14FNO2/c18-14-6-7-15-13(8-14)9-17(16(10-20)19-15)21-11-12-4-2-1-3-5-12/h1-9,20H,10-11H2. The zero-order valence-electron chi connectivity index (χ0n) is 11.3. The largest absolute Gasteiger partial charge is 0.487 e. The van der Waals surface area contributed by atoms with Crippen LogP contribution in [0.1, 0.15) is 11.3 Å². The molecule has 0 aliphatic carbocycles. The molecule has 0 bridgehead atoms. The van der Waals surface area contributed by atoms with E-state index >= 15 is 0 Å². The SMILES string of the molecule is OCc1nc2ccc(F)cc2cc1OCc1ccccc1. The summed E-state index contributed by atoms with van der Waals surface area (Å²) in [7, 11) is 0. The molecule has 0 saturated heterocycles. The minimum Gasteiger partial charge on any atom is -0.487 e. The van der Waals surface area contributed by atoms with Gasteiger partial charge in [0, 0.05) is 5.39 Å². The van der Waals surface area contributed by atoms with Gasteiger partial charge in [-0.05, 0) is 29.8 Å². The molecule has 0 amide bonds. The summed E-state index contributed by atoms with van der Waals surface area (Å²) in [6.45, 7) is 0.147. The molecule has 0 spiro atoms. The Hall–Kier alpha value is -2.46. The Morgan fingerprint density at radius 2 is 1.86 bits per heavy atom. The van der Waals surface area contributed by atoms with Gasteiger partial charge in [0.05, 0.1) is 12.1 Å². The average Bonchev–Trinajstić information content (AvgIpc) is 2.53. The number of hydrogen-bond acceptors (Lipinski definition) is 3. The number of pyridine rings is 1. The number of halogens is 1. The molecular weight excluding hydrogens is 269 g/mol. The van der Waals surface area contributed by atoms with E-state index in [2.05, 4.69) is 4.98 Å². The number of aromatic nitrogens is 1. The Labute approximate surface area is 121 Å². The molecule has 0 fully saturated rings. The molecule has 0 aliphatic heterocycles. The summed E-state index contributed by atoms with van der Waals surface area (Å²) in [4.78, 5) is 4.31. The molecule has 0 saturated carbocycles. The lowest BCUT2D eigenvalue weighted by atomic mass is 10.2. The number of aliphatic hydroxyl groups excluding tert-OH is 1. The second-order valence-electron chi connectivity index (χ2n) is 4.70. The van der Waals surface area contributed by atoms with Crippen molar-refractivity contribution in [3.8, 4) is 5.75 Å². The first-order valence-electron chi connectivity index (χ1n) is 6.63. The third-order valence-electron chi connectivity index (χ3n) is 3.20. The van der Waals surface area contributed by atoms with Crippen LogP contribution in [0.4, 0.5) is 4.39 Å². The van der Waals surface area contributed by atoms with Crippen molar-refractivity contribution in [2.45, 2.75) is 13.2 Å². The minimum atomic E-state index is -0.324. The van der Waals surface area contributed by atoms with Gasteiger partial charge < -0.3 is 9.84 Å². The smallest absolute Gasteiger partial charge is 0.144 e. The molecule has 3 rings (SSSR count). The zero-order valence-corrected chi connectivity index (χ0v) is 11.3. The highest BCUT2D eigenvalue weighted by molar-refractivity contribution is 5.80. The van der Waals surface area contributed by atoms with Crippen molar-refractivity contribution in [2.24, 2.45) is 0 Å². The third-order valence-corrected chi connectivity index (χ3v) is 3.20. The molecule has 0 unspecified atom stereocenters. The molecule has 1 N–H and O–H groups in total. The van der Waals surface area contributed by atoms with Gasteiger partial charge in [-0.15, -0.1) is 0 Å². The quantitative estimate of drug-likeness (QED) is 0.797. The van der Waals surface area contributed by atoms with E-state index in [1.165, 1.54) is 12.1 Å². The van der Waals surface area contributed by atoms with Crippen molar-refractivity contribution in [2.75, 3.05) is 0 Å². The third kappa shape index (κ3) is 3.01. The maximum Gasteiger partial charge on any atom is 0.144 e. The number of rotatable bonds is 4. The molecule has 0 radical (unpaired) electrons. The van der Waals surface area contributed by atoms with E-state index in [-0.39, 0.29) is 12.4 Å². The number of nitrogens with zero attached hydrogens (tertiary/aromatic N) is 1. The van der Waals surface area contributed by atoms with Crippen molar-refractivity contribution in [3.05, 3.63) is 71.7 Å². The molecule has 21 heavy (non-hydrogen) atoms. The summed E-state index contributed by atoms with van der Waals surface area (Å²) in [6, 6.07) is 15.7. The molecule has 4 heteroatoms. The summed E-state index contributed by atoms with van der Waals surface area (Å²) < 4.78 is 19.0. The fraction of sp³-hybridized carbons (Fsp3) is 0.118. The van der Waals surface area contributed by atoms with Gasteiger partial charge in [-0.3, -0.25) is 0 Å². The van der Waals surface area contributed by atoms with Gasteiger partial charge in [0.1, 0.15) is 23.9 Å². The van der Waals surface area contributed by atoms with Crippen LogP contribution in [0.3, 0.4) is 0 Å². The monoisotopic (exact) mass is 283 g/mol. The van der Waals surface area contributed by atoms with Gasteiger partial charge in [-0.2, -0.15) is 0 Å². The van der Waals surface area contributed by atoms with Gasteiger partial charge in [0.25, 0.3) is 0 Å². The van der Waals surface area contributed by atoms with Crippen LogP contribution in [0.2, 0.25) is 0 Å². The summed E-state index contributed by atoms with van der Waals surface area (Å²) >= 11 is 0. The van der Waals surface area contributed by atoms with Gasteiger partial charge >= 0.3 is 0 Å². The van der Waals surface area contributed by atoms with Crippen molar-refractivity contribution < 1.29 is 14.2 Å². The second kappa shape index (κ2) is 5.89. The van der Waals surface area contributed by atoms with Crippen LogP contribution in [0.25, 0.3) is 10.9 Å². The second-order valence-corrected chi connectivity index (χ2v) is 4.70. The van der Waals surface area contributed by atoms with E-state index in [0.717, 1.165) is 5.56 Å². The molecule has 0 atom stereocenters. The highest BCUT2D eigenvalue weighted by Gasteiger charge is 2.08. The fourth-order valence-electron chi connectivity index (χ4n) is 2.14. The highest BCUT2D eigenvalue weighted by atomic mass is 19.1. The van der Waals surface area contributed by atoms with E-state index in [1.54, 1.807) is 12.1 Å². The Bertz CT molecular complexity index is 759. The Balaban J connectivity index is 1.92. The van der Waals surface area contributed by atoms with Crippen molar-refractivity contribution in [1.29, 1.82) is 0 Å². The van der Waals surface area contributed by atoms with Gasteiger partial charge in [0.15, 0.2) is 0 Å². The van der Waals surface area contributed by atoms with Gasteiger partial charge in [0.2, 0.25) is 0 Å². The highest BCUT2D eigenvalue weighted by Crippen LogP contribution is 2.24.